The molecule has 2 aromatic heterocycles. The van der Waals surface area contributed by atoms with Crippen LogP contribution in [0.5, 0.6) is 5.75 Å². The number of nitrogens with zero attached hydrogens (tertiary/aromatic N) is 5. The van der Waals surface area contributed by atoms with Gasteiger partial charge in [-0.1, -0.05) is 72.8 Å². The molecule has 0 bridgehead atoms. The highest BCUT2D eigenvalue weighted by molar-refractivity contribution is 6.05. The van der Waals surface area contributed by atoms with E-state index < -0.39 is 0 Å². The quantitative estimate of drug-likeness (QED) is 0.259. The van der Waals surface area contributed by atoms with Crippen molar-refractivity contribution in [1.82, 2.24) is 14.6 Å². The fourth-order valence-corrected chi connectivity index (χ4v) is 5.27. The Bertz CT molecular complexity index is 1980. The molecule has 200 valence electrons. The van der Waals surface area contributed by atoms with E-state index in [4.69, 9.17) is 9.84 Å². The molecule has 1 unspecified atom stereocenters. The second-order valence-corrected chi connectivity index (χ2v) is 9.88. The molecule has 0 radical (unpaired) electrons. The summed E-state index contributed by atoms with van der Waals surface area (Å²) in [6, 6.07) is 34.5. The van der Waals surface area contributed by atoms with Gasteiger partial charge in [0.2, 0.25) is 0 Å². The zero-order valence-electron chi connectivity index (χ0n) is 22.3. The van der Waals surface area contributed by atoms with Crippen molar-refractivity contribution in [3.8, 4) is 5.75 Å². The molecule has 0 saturated carbocycles. The Labute approximate surface area is 235 Å². The van der Waals surface area contributed by atoms with Gasteiger partial charge in [-0.3, -0.25) is 9.80 Å². The van der Waals surface area contributed by atoms with Crippen LogP contribution < -0.4 is 15.3 Å². The molecular formula is C33H26N6O2. The molecule has 0 spiro atoms. The highest BCUT2D eigenvalue weighted by Crippen LogP contribution is 2.36. The highest BCUT2D eigenvalue weighted by Gasteiger charge is 2.29. The molecule has 3 heterocycles. The van der Waals surface area contributed by atoms with Gasteiger partial charge in [0.1, 0.15) is 23.1 Å². The Morgan fingerprint density at radius 3 is 2.46 bits per heavy atom. The number of H-pyrrole nitrogens is 1. The number of benzene rings is 4. The number of ether oxygens (including phenoxy) is 1. The maximum absolute atomic E-state index is 13.1. The van der Waals surface area contributed by atoms with E-state index in [1.807, 2.05) is 66.7 Å². The molecule has 1 N–H and O–H groups in total. The molecule has 1 aliphatic heterocycles. The van der Waals surface area contributed by atoms with Crippen molar-refractivity contribution >= 4 is 39.5 Å². The smallest absolute Gasteiger partial charge is 0.298 e. The largest absolute Gasteiger partial charge is 0.497 e. The fourth-order valence-electron chi connectivity index (χ4n) is 5.27. The van der Waals surface area contributed by atoms with E-state index in [-0.39, 0.29) is 11.6 Å². The van der Waals surface area contributed by atoms with Gasteiger partial charge in [0.05, 0.1) is 36.3 Å². The minimum absolute atomic E-state index is 0.0959. The number of hydrogen-bond donors (Lipinski definition) is 1. The third-order valence-corrected chi connectivity index (χ3v) is 7.39. The number of nitrogens with one attached hydrogen (secondary N) is 1. The van der Waals surface area contributed by atoms with Crippen LogP contribution in [0.1, 0.15) is 29.2 Å². The minimum atomic E-state index is -0.274. The van der Waals surface area contributed by atoms with Crippen molar-refractivity contribution in [1.29, 1.82) is 0 Å². The van der Waals surface area contributed by atoms with Crippen LogP contribution in [0.15, 0.2) is 124 Å². The number of aromatic nitrogens is 3. The summed E-state index contributed by atoms with van der Waals surface area (Å²) in [6.45, 7) is 0. The van der Waals surface area contributed by atoms with Crippen LogP contribution in [0.3, 0.4) is 0 Å². The molecule has 0 amide bonds. The van der Waals surface area contributed by atoms with Gasteiger partial charge >= 0.3 is 0 Å². The Kier molecular flexibility index (Phi) is 6.13. The van der Waals surface area contributed by atoms with Gasteiger partial charge in [-0.15, -0.1) is 0 Å². The fraction of sp³-hybridized carbons (Fsp3) is 0.0909. The summed E-state index contributed by atoms with van der Waals surface area (Å²) in [5.74, 6) is 0.705. The Hall–Kier alpha value is -5.50. The number of hydrazone groups is 1. The summed E-state index contributed by atoms with van der Waals surface area (Å²) in [5.41, 5.74) is 6.76. The second-order valence-electron chi connectivity index (χ2n) is 9.88. The van der Waals surface area contributed by atoms with Crippen LogP contribution >= 0.6 is 0 Å². The normalized spacial score (nSPS) is 15.2. The SMILES string of the molecule is COc1ccc2c(c1)[nH]c1c(=O)n(/N=C/c3ccc(N4N=C(c5ccccc5)CC4c4ccccc4)cc3)cnc12. The number of rotatable bonds is 6. The maximum Gasteiger partial charge on any atom is 0.298 e. The van der Waals surface area contributed by atoms with Gasteiger partial charge in [0, 0.05) is 17.9 Å². The average Bonchev–Trinajstić information content (AvgIpc) is 3.64. The summed E-state index contributed by atoms with van der Waals surface area (Å²) >= 11 is 0. The summed E-state index contributed by atoms with van der Waals surface area (Å²) in [6.07, 6.45) is 3.92. The lowest BCUT2D eigenvalue weighted by Gasteiger charge is -2.24. The van der Waals surface area contributed by atoms with Crippen LogP contribution in [0, 0.1) is 0 Å². The van der Waals surface area contributed by atoms with Crippen molar-refractivity contribution in [2.24, 2.45) is 10.2 Å². The number of fused-ring (bicyclic) bond motifs is 3. The predicted molar refractivity (Wildman–Crippen MR) is 163 cm³/mol. The molecule has 41 heavy (non-hydrogen) atoms. The standard InChI is InChI=1S/C33H26N6O2/c1-41-26-16-17-27-29(18-26)36-32-31(27)34-21-38(33(32)40)35-20-22-12-14-25(15-13-22)39-30(24-10-6-3-7-11-24)19-28(37-39)23-8-4-2-5-9-23/h2-18,20-21,30,36H,19H2,1H3/b35-20+. The van der Waals surface area contributed by atoms with Gasteiger partial charge in [-0.05, 0) is 41.0 Å². The van der Waals surface area contributed by atoms with Crippen molar-refractivity contribution in [2.75, 3.05) is 12.1 Å². The summed E-state index contributed by atoms with van der Waals surface area (Å²) < 4.78 is 6.54. The molecule has 1 aliphatic rings. The molecule has 8 nitrogen and oxygen atoms in total. The van der Waals surface area contributed by atoms with Crippen LogP contribution in [0.4, 0.5) is 5.69 Å². The predicted octanol–water partition coefficient (Wildman–Crippen LogP) is 6.12. The minimum Gasteiger partial charge on any atom is -0.497 e. The summed E-state index contributed by atoms with van der Waals surface area (Å²) in [4.78, 5) is 20.8. The Morgan fingerprint density at radius 1 is 0.951 bits per heavy atom. The third kappa shape index (κ3) is 4.55. The first-order chi connectivity index (χ1) is 20.2. The lowest BCUT2D eigenvalue weighted by atomic mass is 9.98. The topological polar surface area (TPSA) is 87.9 Å². The van der Waals surface area contributed by atoms with E-state index in [9.17, 15) is 4.79 Å². The number of methoxy groups -OCH3 is 1. The molecule has 8 heteroatoms. The van der Waals surface area contributed by atoms with Crippen LogP contribution in [-0.4, -0.2) is 33.7 Å². The van der Waals surface area contributed by atoms with E-state index in [1.54, 1.807) is 13.3 Å². The van der Waals surface area contributed by atoms with Gasteiger partial charge in [0.25, 0.3) is 5.56 Å². The molecule has 0 aliphatic carbocycles. The average molecular weight is 539 g/mol. The first-order valence-corrected chi connectivity index (χ1v) is 13.4. The molecule has 4 aromatic carbocycles. The van der Waals surface area contributed by atoms with Gasteiger partial charge in [-0.25, -0.2) is 4.98 Å². The number of anilines is 1. The van der Waals surface area contributed by atoms with E-state index in [0.717, 1.165) is 39.8 Å². The van der Waals surface area contributed by atoms with Crippen molar-refractivity contribution in [3.63, 3.8) is 0 Å². The van der Waals surface area contributed by atoms with E-state index >= 15 is 0 Å². The number of hydrogen-bond acceptors (Lipinski definition) is 6. The van der Waals surface area contributed by atoms with Crippen molar-refractivity contribution in [2.45, 2.75) is 12.5 Å². The van der Waals surface area contributed by atoms with Crippen LogP contribution in [0.2, 0.25) is 0 Å². The molecule has 7 rings (SSSR count). The van der Waals surface area contributed by atoms with Gasteiger partial charge < -0.3 is 9.72 Å². The highest BCUT2D eigenvalue weighted by atomic mass is 16.5. The zero-order valence-corrected chi connectivity index (χ0v) is 22.3. The lowest BCUT2D eigenvalue weighted by molar-refractivity contribution is 0.415. The Balaban J connectivity index is 1.17. The first kappa shape index (κ1) is 24.5. The van der Waals surface area contributed by atoms with Gasteiger partial charge in [0.15, 0.2) is 0 Å². The van der Waals surface area contributed by atoms with Crippen LogP contribution in [-0.2, 0) is 0 Å². The lowest BCUT2D eigenvalue weighted by Crippen LogP contribution is -2.18. The number of aromatic amines is 1. The third-order valence-electron chi connectivity index (χ3n) is 7.39. The molecule has 6 aromatic rings. The molecule has 0 saturated heterocycles. The van der Waals surface area contributed by atoms with Crippen molar-refractivity contribution < 1.29 is 4.74 Å². The summed E-state index contributed by atoms with van der Waals surface area (Å²) in [5, 5.41) is 12.4. The summed E-state index contributed by atoms with van der Waals surface area (Å²) in [7, 11) is 1.61. The molecule has 0 fully saturated rings. The first-order valence-electron chi connectivity index (χ1n) is 13.4. The van der Waals surface area contributed by atoms with Crippen LogP contribution in [0.25, 0.3) is 21.9 Å². The zero-order chi connectivity index (χ0) is 27.8. The van der Waals surface area contributed by atoms with Gasteiger partial charge in [-0.2, -0.15) is 14.9 Å². The van der Waals surface area contributed by atoms with Crippen molar-refractivity contribution in [3.05, 3.63) is 136 Å². The molecule has 1 atom stereocenters. The van der Waals surface area contributed by atoms with E-state index in [0.29, 0.717) is 16.8 Å². The monoisotopic (exact) mass is 538 g/mol. The van der Waals surface area contributed by atoms with E-state index in [1.165, 1.54) is 16.6 Å². The molecular weight excluding hydrogens is 512 g/mol. The van der Waals surface area contributed by atoms with E-state index in [2.05, 4.69) is 56.5 Å². The maximum atomic E-state index is 13.1. The second kappa shape index (κ2) is 10.2. The Morgan fingerprint density at radius 2 is 1.71 bits per heavy atom.